The van der Waals surface area contributed by atoms with Crippen molar-refractivity contribution in [2.75, 3.05) is 26.2 Å². The normalized spacial score (nSPS) is 25.4. The molecule has 2 rings (SSSR count). The van der Waals surface area contributed by atoms with E-state index in [4.69, 9.17) is 5.11 Å². The van der Waals surface area contributed by atoms with Crippen molar-refractivity contribution in [2.24, 2.45) is 11.8 Å². The fraction of sp³-hybridized carbons (Fsp3) is 0.833. The molecule has 5 nitrogen and oxygen atoms in total. The van der Waals surface area contributed by atoms with Gasteiger partial charge in [0.1, 0.15) is 0 Å². The van der Waals surface area contributed by atoms with Gasteiger partial charge in [-0.05, 0) is 31.8 Å². The van der Waals surface area contributed by atoms with E-state index in [0.29, 0.717) is 25.4 Å². The van der Waals surface area contributed by atoms with E-state index in [0.717, 1.165) is 25.9 Å². The van der Waals surface area contributed by atoms with Crippen LogP contribution in [-0.2, 0) is 9.59 Å². The Morgan fingerprint density at radius 2 is 2.00 bits per heavy atom. The van der Waals surface area contributed by atoms with Crippen LogP contribution < -0.4 is 5.32 Å². The maximum Gasteiger partial charge on any atom is 0.303 e. The minimum Gasteiger partial charge on any atom is -0.481 e. The summed E-state index contributed by atoms with van der Waals surface area (Å²) in [5.41, 5.74) is 0. The average Bonchev–Trinajstić information content (AvgIpc) is 2.23. The van der Waals surface area contributed by atoms with Gasteiger partial charge in [-0.15, -0.1) is 0 Å². The molecule has 0 radical (unpaired) electrons. The lowest BCUT2D eigenvalue weighted by Crippen LogP contribution is -2.51. The molecule has 0 saturated carbocycles. The van der Waals surface area contributed by atoms with Gasteiger partial charge in [-0.25, -0.2) is 0 Å². The third-order valence-electron chi connectivity index (χ3n) is 3.64. The molecular weight excluding hydrogens is 220 g/mol. The zero-order chi connectivity index (χ0) is 12.3. The van der Waals surface area contributed by atoms with Crippen LogP contribution in [0.3, 0.4) is 0 Å². The Morgan fingerprint density at radius 3 is 2.59 bits per heavy atom. The second-order valence-corrected chi connectivity index (χ2v) is 5.18. The first-order valence-corrected chi connectivity index (χ1v) is 6.35. The second-order valence-electron chi connectivity index (χ2n) is 5.18. The summed E-state index contributed by atoms with van der Waals surface area (Å²) in [6, 6.07) is 0. The number of nitrogens with zero attached hydrogens (tertiary/aromatic N) is 1. The van der Waals surface area contributed by atoms with Gasteiger partial charge < -0.3 is 15.3 Å². The highest BCUT2D eigenvalue weighted by atomic mass is 16.4. The molecule has 2 fully saturated rings. The zero-order valence-corrected chi connectivity index (χ0v) is 10.0. The predicted molar refractivity (Wildman–Crippen MR) is 62.5 cm³/mol. The largest absolute Gasteiger partial charge is 0.481 e. The van der Waals surface area contributed by atoms with Crippen LogP contribution in [0.25, 0.3) is 0 Å². The molecule has 1 unspecified atom stereocenters. The van der Waals surface area contributed by atoms with Crippen molar-refractivity contribution >= 4 is 11.9 Å². The number of rotatable bonds is 4. The molecule has 0 aromatic heterocycles. The summed E-state index contributed by atoms with van der Waals surface area (Å²) >= 11 is 0. The highest BCUT2D eigenvalue weighted by molar-refractivity contribution is 5.77. The van der Waals surface area contributed by atoms with Crippen molar-refractivity contribution in [2.45, 2.75) is 25.7 Å². The molecule has 1 amide bonds. The molecule has 2 aliphatic heterocycles. The van der Waals surface area contributed by atoms with Crippen LogP contribution in [0.15, 0.2) is 0 Å². The Hall–Kier alpha value is -1.10. The molecule has 2 heterocycles. The SMILES string of the molecule is O=C(O)CC1CN(C(=O)CC2CCCNC2)C1. The topological polar surface area (TPSA) is 69.6 Å². The zero-order valence-electron chi connectivity index (χ0n) is 10.0. The summed E-state index contributed by atoms with van der Waals surface area (Å²) in [6.45, 7) is 3.27. The fourth-order valence-electron chi connectivity index (χ4n) is 2.62. The van der Waals surface area contributed by atoms with Crippen LogP contribution in [-0.4, -0.2) is 48.1 Å². The third-order valence-corrected chi connectivity index (χ3v) is 3.64. The van der Waals surface area contributed by atoms with E-state index >= 15 is 0 Å². The average molecular weight is 240 g/mol. The van der Waals surface area contributed by atoms with E-state index in [-0.39, 0.29) is 18.2 Å². The number of hydrogen-bond acceptors (Lipinski definition) is 3. The molecule has 2 saturated heterocycles. The van der Waals surface area contributed by atoms with E-state index in [1.54, 1.807) is 4.90 Å². The smallest absolute Gasteiger partial charge is 0.303 e. The first-order valence-electron chi connectivity index (χ1n) is 6.35. The molecule has 1 atom stereocenters. The van der Waals surface area contributed by atoms with Gasteiger partial charge in [-0.3, -0.25) is 9.59 Å². The molecule has 0 aromatic carbocycles. The Bertz CT molecular complexity index is 294. The molecular formula is C12H20N2O3. The van der Waals surface area contributed by atoms with Crippen LogP contribution in [0.2, 0.25) is 0 Å². The van der Waals surface area contributed by atoms with Crippen LogP contribution in [0.5, 0.6) is 0 Å². The summed E-state index contributed by atoms with van der Waals surface area (Å²) in [5.74, 6) is 0.0645. The number of carboxylic acids is 1. The van der Waals surface area contributed by atoms with Crippen molar-refractivity contribution in [3.05, 3.63) is 0 Å². The van der Waals surface area contributed by atoms with Crippen LogP contribution in [0.1, 0.15) is 25.7 Å². The summed E-state index contributed by atoms with van der Waals surface area (Å²) in [4.78, 5) is 24.2. The Balaban J connectivity index is 1.66. The summed E-state index contributed by atoms with van der Waals surface area (Å²) in [5, 5.41) is 11.9. The van der Waals surface area contributed by atoms with Crippen LogP contribution in [0, 0.1) is 11.8 Å². The minimum atomic E-state index is -0.765. The molecule has 5 heteroatoms. The summed E-state index contributed by atoms with van der Waals surface area (Å²) in [7, 11) is 0. The number of hydrogen-bond donors (Lipinski definition) is 2. The van der Waals surface area contributed by atoms with Gasteiger partial charge in [0.2, 0.25) is 5.91 Å². The molecule has 17 heavy (non-hydrogen) atoms. The number of carboxylic acid groups (broad SMARTS) is 1. The molecule has 0 aliphatic carbocycles. The number of piperidine rings is 1. The van der Waals surface area contributed by atoms with Gasteiger partial charge in [0, 0.05) is 25.4 Å². The maximum absolute atomic E-state index is 11.9. The van der Waals surface area contributed by atoms with Gasteiger partial charge in [0.15, 0.2) is 0 Å². The van der Waals surface area contributed by atoms with Crippen LogP contribution >= 0.6 is 0 Å². The molecule has 0 spiro atoms. The van der Waals surface area contributed by atoms with E-state index in [1.807, 2.05) is 0 Å². The van der Waals surface area contributed by atoms with Gasteiger partial charge in [-0.1, -0.05) is 0 Å². The standard InChI is InChI=1S/C12H20N2O3/c15-11(4-9-2-1-3-13-6-9)14-7-10(8-14)5-12(16)17/h9-10,13H,1-8H2,(H,16,17). The van der Waals surface area contributed by atoms with E-state index in [1.165, 1.54) is 0 Å². The lowest BCUT2D eigenvalue weighted by molar-refractivity contribution is -0.145. The Kier molecular flexibility index (Phi) is 3.99. The summed E-state index contributed by atoms with van der Waals surface area (Å²) < 4.78 is 0. The van der Waals surface area contributed by atoms with Gasteiger partial charge in [-0.2, -0.15) is 0 Å². The number of amides is 1. The summed E-state index contributed by atoms with van der Waals surface area (Å²) in [6.07, 6.45) is 3.09. The maximum atomic E-state index is 11.9. The highest BCUT2D eigenvalue weighted by Crippen LogP contribution is 2.22. The fourth-order valence-corrected chi connectivity index (χ4v) is 2.62. The second kappa shape index (κ2) is 5.49. The quantitative estimate of drug-likeness (QED) is 0.742. The van der Waals surface area contributed by atoms with E-state index in [9.17, 15) is 9.59 Å². The van der Waals surface area contributed by atoms with Crippen LogP contribution in [0.4, 0.5) is 0 Å². The van der Waals surface area contributed by atoms with Gasteiger partial charge >= 0.3 is 5.97 Å². The van der Waals surface area contributed by atoms with E-state index < -0.39 is 5.97 Å². The van der Waals surface area contributed by atoms with E-state index in [2.05, 4.69) is 5.32 Å². The highest BCUT2D eigenvalue weighted by Gasteiger charge is 2.32. The first kappa shape index (κ1) is 12.4. The molecule has 2 aliphatic rings. The number of carbonyl (C=O) groups excluding carboxylic acids is 1. The van der Waals surface area contributed by atoms with Crippen molar-refractivity contribution < 1.29 is 14.7 Å². The van der Waals surface area contributed by atoms with Crippen molar-refractivity contribution in [1.29, 1.82) is 0 Å². The van der Waals surface area contributed by atoms with Gasteiger partial charge in [0.25, 0.3) is 0 Å². The third kappa shape index (κ3) is 3.43. The molecule has 0 aromatic rings. The van der Waals surface area contributed by atoms with Crippen molar-refractivity contribution in [3.8, 4) is 0 Å². The monoisotopic (exact) mass is 240 g/mol. The number of likely N-dealkylation sites (tertiary alicyclic amines) is 1. The lowest BCUT2D eigenvalue weighted by Gasteiger charge is -2.39. The molecule has 2 N–H and O–H groups in total. The number of aliphatic carboxylic acids is 1. The Morgan fingerprint density at radius 1 is 1.24 bits per heavy atom. The first-order chi connectivity index (χ1) is 8.15. The molecule has 96 valence electrons. The number of carbonyl (C=O) groups is 2. The Labute approximate surface area is 101 Å². The number of nitrogens with one attached hydrogen (secondary N) is 1. The molecule has 0 bridgehead atoms. The lowest BCUT2D eigenvalue weighted by atomic mass is 9.92. The minimum absolute atomic E-state index is 0.168. The van der Waals surface area contributed by atoms with Crippen molar-refractivity contribution in [3.63, 3.8) is 0 Å². The van der Waals surface area contributed by atoms with Gasteiger partial charge in [0.05, 0.1) is 6.42 Å². The predicted octanol–water partition coefficient (Wildman–Crippen LogP) is 0.309. The van der Waals surface area contributed by atoms with Crippen molar-refractivity contribution in [1.82, 2.24) is 10.2 Å².